The quantitative estimate of drug-likeness (QED) is 0.0932. The van der Waals surface area contributed by atoms with E-state index in [-0.39, 0.29) is 6.61 Å². The van der Waals surface area contributed by atoms with E-state index >= 15 is 0 Å². The molecule has 5 aromatic carbocycles. The molecule has 0 amide bonds. The predicted octanol–water partition coefficient (Wildman–Crippen LogP) is 9.04. The van der Waals surface area contributed by atoms with Crippen LogP contribution in [-0.4, -0.2) is 41.0 Å². The summed E-state index contributed by atoms with van der Waals surface area (Å²) in [5, 5.41) is 0. The Morgan fingerprint density at radius 3 is 1.52 bits per heavy atom. The average Bonchev–Trinajstić information content (AvgIpc) is 3.23. The van der Waals surface area contributed by atoms with Crippen molar-refractivity contribution < 1.29 is 23.7 Å². The molecule has 1 fully saturated rings. The maximum atomic E-state index is 7.07. The number of hydrogen-bond acceptors (Lipinski definition) is 7. The van der Waals surface area contributed by atoms with Gasteiger partial charge in [-0.15, -0.1) is 0 Å². The Labute approximate surface area is 318 Å². The zero-order chi connectivity index (χ0) is 36.8. The lowest BCUT2D eigenvalue weighted by molar-refractivity contribution is -0.275. The van der Waals surface area contributed by atoms with E-state index in [4.69, 9.17) is 28.7 Å². The van der Waals surface area contributed by atoms with Gasteiger partial charge in [0.25, 0.3) is 0 Å². The number of rotatable bonds is 17. The molecular formula is C47H48N2O5. The highest BCUT2D eigenvalue weighted by atomic mass is 16.6. The summed E-state index contributed by atoms with van der Waals surface area (Å²) < 4.78 is 34.1. The first-order chi connectivity index (χ1) is 26.7. The lowest BCUT2D eigenvalue weighted by Gasteiger charge is -2.46. The highest BCUT2D eigenvalue weighted by Crippen LogP contribution is 2.38. The van der Waals surface area contributed by atoms with Crippen molar-refractivity contribution in [3.63, 3.8) is 0 Å². The number of benzene rings is 5. The molecule has 0 unspecified atom stereocenters. The van der Waals surface area contributed by atoms with E-state index in [0.717, 1.165) is 34.4 Å². The Morgan fingerprint density at radius 1 is 0.500 bits per heavy atom. The van der Waals surface area contributed by atoms with E-state index in [1.807, 2.05) is 79.0 Å². The normalized spacial score (nSPS) is 19.8. The third kappa shape index (κ3) is 10.3. The van der Waals surface area contributed by atoms with Crippen molar-refractivity contribution in [2.45, 2.75) is 76.7 Å². The summed E-state index contributed by atoms with van der Waals surface area (Å²) in [4.78, 5) is 9.85. The summed E-state index contributed by atoms with van der Waals surface area (Å²) in [5.41, 5.74) is 8.24. The van der Waals surface area contributed by atoms with E-state index in [0.29, 0.717) is 38.5 Å². The Kier molecular flexibility index (Phi) is 13.4. The standard InChI is InChI=1S/C47H48N2O5/c1-2-35-23-25-36(26-24-35)27-41-28-48-29-42(49-41)44-46(52-32-39-19-11-5-12-20-39)47(53-33-40-21-13-6-14-22-40)45(51-31-38-17-9-4-10-18-38)43(54-44)34-50-30-37-15-7-3-8-16-37/h3-26,28-29,43-47H,2,27,30-34H2,1H3/t43-,44+,45-,46+,47+/m1/s1. The fourth-order valence-electron chi connectivity index (χ4n) is 6.77. The van der Waals surface area contributed by atoms with Gasteiger partial charge in [0.1, 0.15) is 30.5 Å². The smallest absolute Gasteiger partial charge is 0.130 e. The van der Waals surface area contributed by atoms with Crippen molar-refractivity contribution >= 4 is 0 Å². The van der Waals surface area contributed by atoms with Gasteiger partial charge in [-0.1, -0.05) is 153 Å². The van der Waals surface area contributed by atoms with Gasteiger partial charge in [0.2, 0.25) is 0 Å². The monoisotopic (exact) mass is 720 g/mol. The molecule has 7 heteroatoms. The molecule has 7 nitrogen and oxygen atoms in total. The fraction of sp³-hybridized carbons (Fsp3) is 0.277. The first kappa shape index (κ1) is 37.3. The van der Waals surface area contributed by atoms with Crippen LogP contribution in [0.4, 0.5) is 0 Å². The molecule has 0 N–H and O–H groups in total. The van der Waals surface area contributed by atoms with Crippen LogP contribution in [0.3, 0.4) is 0 Å². The Balaban J connectivity index is 1.24. The molecule has 276 valence electrons. The van der Waals surface area contributed by atoms with Crippen LogP contribution in [0.15, 0.2) is 158 Å². The molecule has 54 heavy (non-hydrogen) atoms. The van der Waals surface area contributed by atoms with Gasteiger partial charge >= 0.3 is 0 Å². The maximum Gasteiger partial charge on any atom is 0.130 e. The first-order valence-electron chi connectivity index (χ1n) is 18.8. The van der Waals surface area contributed by atoms with Gasteiger partial charge in [-0.25, -0.2) is 0 Å². The number of nitrogens with zero attached hydrogens (tertiary/aromatic N) is 2. The second-order valence-electron chi connectivity index (χ2n) is 13.7. The third-order valence-corrected chi connectivity index (χ3v) is 9.69. The molecule has 1 aliphatic heterocycles. The molecule has 0 radical (unpaired) electrons. The van der Waals surface area contributed by atoms with Crippen LogP contribution in [0.2, 0.25) is 0 Å². The van der Waals surface area contributed by atoms with Crippen molar-refractivity contribution in [2.24, 2.45) is 0 Å². The molecule has 7 rings (SSSR count). The molecule has 6 aromatic rings. The number of ether oxygens (including phenoxy) is 5. The lowest BCUT2D eigenvalue weighted by Crippen LogP contribution is -2.58. The SMILES string of the molecule is CCc1ccc(Cc2cncc([C@@H]3O[C@H](COCc4ccccc4)[C@@H](OCc4ccccc4)[C@H](OCc4ccccc4)[C@H]3OCc3ccccc3)n2)cc1. The molecule has 0 saturated carbocycles. The maximum absolute atomic E-state index is 7.07. The Morgan fingerprint density at radius 2 is 0.981 bits per heavy atom. The Bertz CT molecular complexity index is 1960. The van der Waals surface area contributed by atoms with Crippen molar-refractivity contribution in [1.82, 2.24) is 9.97 Å². The largest absolute Gasteiger partial charge is 0.374 e. The molecule has 1 aromatic heterocycles. The summed E-state index contributed by atoms with van der Waals surface area (Å²) in [6.45, 7) is 3.97. The van der Waals surface area contributed by atoms with Crippen molar-refractivity contribution in [1.29, 1.82) is 0 Å². The zero-order valence-electron chi connectivity index (χ0n) is 30.8. The van der Waals surface area contributed by atoms with Crippen molar-refractivity contribution in [3.8, 4) is 0 Å². The third-order valence-electron chi connectivity index (χ3n) is 9.69. The van der Waals surface area contributed by atoms with E-state index in [1.165, 1.54) is 11.1 Å². The van der Waals surface area contributed by atoms with Crippen LogP contribution < -0.4 is 0 Å². The van der Waals surface area contributed by atoms with Crippen LogP contribution in [-0.2, 0) is 63.0 Å². The van der Waals surface area contributed by atoms with Gasteiger partial charge in [-0.2, -0.15) is 0 Å². The van der Waals surface area contributed by atoms with Gasteiger partial charge < -0.3 is 23.7 Å². The summed E-state index contributed by atoms with van der Waals surface area (Å²) >= 11 is 0. The summed E-state index contributed by atoms with van der Waals surface area (Å²) in [5.74, 6) is 0. The number of aromatic nitrogens is 2. The van der Waals surface area contributed by atoms with Gasteiger partial charge in [0.15, 0.2) is 0 Å². The first-order valence-corrected chi connectivity index (χ1v) is 18.8. The highest BCUT2D eigenvalue weighted by molar-refractivity contribution is 5.26. The summed E-state index contributed by atoms with van der Waals surface area (Å²) in [6, 6.07) is 49.4. The lowest BCUT2D eigenvalue weighted by atomic mass is 9.92. The Hall–Kier alpha value is -5.02. The second kappa shape index (κ2) is 19.3. The summed E-state index contributed by atoms with van der Waals surface area (Å²) in [7, 11) is 0. The van der Waals surface area contributed by atoms with E-state index < -0.39 is 30.5 Å². The zero-order valence-corrected chi connectivity index (χ0v) is 30.8. The average molecular weight is 721 g/mol. The van der Waals surface area contributed by atoms with Crippen LogP contribution in [0.5, 0.6) is 0 Å². The van der Waals surface area contributed by atoms with E-state index in [1.54, 1.807) is 6.20 Å². The van der Waals surface area contributed by atoms with Crippen molar-refractivity contribution in [2.75, 3.05) is 6.61 Å². The highest BCUT2D eigenvalue weighted by Gasteiger charge is 2.49. The number of aryl methyl sites for hydroxylation is 1. The predicted molar refractivity (Wildman–Crippen MR) is 209 cm³/mol. The van der Waals surface area contributed by atoms with Crippen LogP contribution in [0.25, 0.3) is 0 Å². The van der Waals surface area contributed by atoms with E-state index in [9.17, 15) is 0 Å². The molecule has 1 saturated heterocycles. The minimum absolute atomic E-state index is 0.276. The fourth-order valence-corrected chi connectivity index (χ4v) is 6.77. The van der Waals surface area contributed by atoms with Gasteiger partial charge in [0.05, 0.1) is 50.6 Å². The minimum Gasteiger partial charge on any atom is -0.374 e. The second-order valence-corrected chi connectivity index (χ2v) is 13.7. The summed E-state index contributed by atoms with van der Waals surface area (Å²) in [6.07, 6.45) is 2.46. The van der Waals surface area contributed by atoms with Gasteiger partial charge in [0, 0.05) is 12.6 Å². The topological polar surface area (TPSA) is 71.9 Å². The molecule has 1 aliphatic rings. The van der Waals surface area contributed by atoms with Gasteiger partial charge in [-0.3, -0.25) is 9.97 Å². The molecule has 0 spiro atoms. The molecule has 5 atom stereocenters. The molecule has 2 heterocycles. The number of hydrogen-bond donors (Lipinski definition) is 0. The van der Waals surface area contributed by atoms with Crippen LogP contribution in [0.1, 0.15) is 57.8 Å². The van der Waals surface area contributed by atoms with E-state index in [2.05, 4.69) is 84.7 Å². The molecule has 0 aliphatic carbocycles. The van der Waals surface area contributed by atoms with Gasteiger partial charge in [-0.05, 0) is 39.8 Å². The minimum atomic E-state index is -0.619. The van der Waals surface area contributed by atoms with Crippen LogP contribution >= 0.6 is 0 Å². The molecular weight excluding hydrogens is 673 g/mol. The van der Waals surface area contributed by atoms with Crippen molar-refractivity contribution in [3.05, 3.63) is 203 Å². The van der Waals surface area contributed by atoms with Crippen LogP contribution in [0, 0.1) is 0 Å². The molecule has 0 bridgehead atoms.